The van der Waals surface area contributed by atoms with Crippen molar-refractivity contribution in [2.75, 3.05) is 45.2 Å². The Morgan fingerprint density at radius 1 is 1.10 bits per heavy atom. The summed E-state index contributed by atoms with van der Waals surface area (Å²) in [6.45, 7) is 3.17. The monoisotopic (exact) mass is 281 g/mol. The summed E-state index contributed by atoms with van der Waals surface area (Å²) in [6.07, 6.45) is 0. The lowest BCUT2D eigenvalue weighted by atomic mass is 10.2. The van der Waals surface area contributed by atoms with Crippen LogP contribution in [-0.2, 0) is 0 Å². The van der Waals surface area contributed by atoms with Crippen molar-refractivity contribution in [3.63, 3.8) is 0 Å². The Bertz CT molecular complexity index is 548. The average molecular weight is 281 g/mol. The van der Waals surface area contributed by atoms with Crippen LogP contribution in [0, 0.1) is 20.2 Å². The second-order valence-electron chi connectivity index (χ2n) is 5.56. The molecule has 0 aliphatic carbocycles. The SMILES string of the molecule is C[N+]1(C)CCN(c2ccc([N+](=O)[O-])cc2[N+](=O)[O-])CC1. The number of non-ortho nitro benzene ring substituents is 1. The zero-order chi connectivity index (χ0) is 14.9. The summed E-state index contributed by atoms with van der Waals surface area (Å²) in [5.41, 5.74) is 0.000256. The molecule has 1 saturated heterocycles. The van der Waals surface area contributed by atoms with E-state index in [1.807, 2.05) is 4.90 Å². The van der Waals surface area contributed by atoms with Crippen molar-refractivity contribution in [1.82, 2.24) is 0 Å². The van der Waals surface area contributed by atoms with Crippen molar-refractivity contribution in [2.45, 2.75) is 0 Å². The molecule has 1 aliphatic heterocycles. The van der Waals surface area contributed by atoms with E-state index in [0.717, 1.165) is 23.6 Å². The molecule has 0 N–H and O–H groups in total. The fraction of sp³-hybridized carbons (Fsp3) is 0.500. The van der Waals surface area contributed by atoms with Crippen LogP contribution in [0.15, 0.2) is 18.2 Å². The van der Waals surface area contributed by atoms with Gasteiger partial charge in [-0.1, -0.05) is 0 Å². The number of quaternary nitrogens is 1. The van der Waals surface area contributed by atoms with E-state index < -0.39 is 9.85 Å². The lowest BCUT2D eigenvalue weighted by Gasteiger charge is -2.39. The zero-order valence-corrected chi connectivity index (χ0v) is 11.5. The third-order valence-corrected chi connectivity index (χ3v) is 3.66. The maximum atomic E-state index is 11.1. The number of piperazine rings is 1. The highest BCUT2D eigenvalue weighted by molar-refractivity contribution is 5.66. The summed E-state index contributed by atoms with van der Waals surface area (Å²) in [6, 6.07) is 3.82. The molecule has 2 rings (SSSR count). The van der Waals surface area contributed by atoms with Crippen LogP contribution in [0.3, 0.4) is 0 Å². The number of hydrogen-bond acceptors (Lipinski definition) is 5. The van der Waals surface area contributed by atoms with Crippen molar-refractivity contribution in [1.29, 1.82) is 0 Å². The number of hydrogen-bond donors (Lipinski definition) is 0. The van der Waals surface area contributed by atoms with Gasteiger partial charge in [0.25, 0.3) is 11.4 Å². The van der Waals surface area contributed by atoms with Crippen LogP contribution in [0.5, 0.6) is 0 Å². The number of nitro benzene ring substituents is 2. The van der Waals surface area contributed by atoms with Gasteiger partial charge in [0.15, 0.2) is 0 Å². The first-order valence-corrected chi connectivity index (χ1v) is 6.30. The Hall–Kier alpha value is -2.22. The molecule has 1 aliphatic rings. The van der Waals surface area contributed by atoms with Crippen LogP contribution in [0.25, 0.3) is 0 Å². The Morgan fingerprint density at radius 2 is 1.70 bits per heavy atom. The molecular formula is C12H17N4O4+. The normalized spacial score (nSPS) is 17.8. The molecule has 1 aromatic rings. The van der Waals surface area contributed by atoms with E-state index >= 15 is 0 Å². The lowest BCUT2D eigenvalue weighted by Crippen LogP contribution is -2.54. The van der Waals surface area contributed by atoms with E-state index in [-0.39, 0.29) is 11.4 Å². The number of benzene rings is 1. The summed E-state index contributed by atoms with van der Waals surface area (Å²) in [7, 11) is 4.23. The summed E-state index contributed by atoms with van der Waals surface area (Å²) < 4.78 is 0.872. The molecular weight excluding hydrogens is 264 g/mol. The van der Waals surface area contributed by atoms with Crippen LogP contribution < -0.4 is 4.90 Å². The molecule has 0 aromatic heterocycles. The van der Waals surface area contributed by atoms with Crippen LogP contribution >= 0.6 is 0 Å². The molecule has 8 heteroatoms. The molecule has 20 heavy (non-hydrogen) atoms. The van der Waals surface area contributed by atoms with Gasteiger partial charge in [0, 0.05) is 6.07 Å². The van der Waals surface area contributed by atoms with Crippen molar-refractivity contribution in [3.8, 4) is 0 Å². The Kier molecular flexibility index (Phi) is 3.58. The number of likely N-dealkylation sites (N-methyl/N-ethyl adjacent to an activating group) is 1. The standard InChI is InChI=1S/C12H17N4O4/c1-16(2)7-5-13(6-8-16)11-4-3-10(14(17)18)9-12(11)15(19)20/h3-4,9H,5-8H2,1-2H3/q+1. The highest BCUT2D eigenvalue weighted by atomic mass is 16.6. The van der Waals surface area contributed by atoms with E-state index in [1.54, 1.807) is 0 Å². The van der Waals surface area contributed by atoms with E-state index in [4.69, 9.17) is 0 Å². The third-order valence-electron chi connectivity index (χ3n) is 3.66. The highest BCUT2D eigenvalue weighted by Crippen LogP contribution is 2.32. The number of anilines is 1. The van der Waals surface area contributed by atoms with Gasteiger partial charge in [0.2, 0.25) is 0 Å². The molecule has 108 valence electrons. The van der Waals surface area contributed by atoms with Crippen LogP contribution in [0.2, 0.25) is 0 Å². The molecule has 0 radical (unpaired) electrons. The largest absolute Gasteiger partial charge is 0.355 e. The maximum Gasteiger partial charge on any atom is 0.299 e. The number of nitrogens with zero attached hydrogens (tertiary/aromatic N) is 4. The first kappa shape index (κ1) is 14.2. The van der Waals surface area contributed by atoms with Gasteiger partial charge in [0.1, 0.15) is 5.69 Å². The summed E-state index contributed by atoms with van der Waals surface area (Å²) >= 11 is 0. The molecule has 0 bridgehead atoms. The van der Waals surface area contributed by atoms with Gasteiger partial charge in [-0.05, 0) is 6.07 Å². The second-order valence-corrected chi connectivity index (χ2v) is 5.56. The van der Waals surface area contributed by atoms with Crippen molar-refractivity contribution in [3.05, 3.63) is 38.4 Å². The highest BCUT2D eigenvalue weighted by Gasteiger charge is 2.29. The minimum atomic E-state index is -0.618. The smallest absolute Gasteiger partial charge is 0.299 e. The molecule has 0 saturated carbocycles. The van der Waals surface area contributed by atoms with Gasteiger partial charge in [-0.25, -0.2) is 0 Å². The number of rotatable bonds is 3. The van der Waals surface area contributed by atoms with E-state index in [0.29, 0.717) is 18.8 Å². The van der Waals surface area contributed by atoms with Crippen LogP contribution in [0.4, 0.5) is 17.1 Å². The fourth-order valence-corrected chi connectivity index (χ4v) is 2.29. The molecule has 8 nitrogen and oxygen atoms in total. The maximum absolute atomic E-state index is 11.1. The molecule has 1 aromatic carbocycles. The minimum absolute atomic E-state index is 0.202. The quantitative estimate of drug-likeness (QED) is 0.474. The molecule has 0 unspecified atom stereocenters. The van der Waals surface area contributed by atoms with Crippen molar-refractivity contribution >= 4 is 17.1 Å². The Balaban J connectivity index is 2.32. The number of nitro groups is 2. The molecule has 0 amide bonds. The fourth-order valence-electron chi connectivity index (χ4n) is 2.29. The molecule has 0 atom stereocenters. The first-order valence-electron chi connectivity index (χ1n) is 6.30. The lowest BCUT2D eigenvalue weighted by molar-refractivity contribution is -0.890. The molecule has 1 fully saturated rings. The first-order chi connectivity index (χ1) is 9.30. The van der Waals surface area contributed by atoms with Gasteiger partial charge in [-0.2, -0.15) is 0 Å². The Labute approximate surface area is 116 Å². The van der Waals surface area contributed by atoms with E-state index in [1.165, 1.54) is 12.1 Å². The molecule has 0 spiro atoms. The topological polar surface area (TPSA) is 89.5 Å². The predicted octanol–water partition coefficient (Wildman–Crippen LogP) is 1.40. The average Bonchev–Trinajstić information content (AvgIpc) is 2.38. The second kappa shape index (κ2) is 5.04. The Morgan fingerprint density at radius 3 is 2.20 bits per heavy atom. The summed E-state index contributed by atoms with van der Waals surface area (Å²) in [5.74, 6) is 0. The van der Waals surface area contributed by atoms with Gasteiger partial charge < -0.3 is 9.38 Å². The predicted molar refractivity (Wildman–Crippen MR) is 73.8 cm³/mol. The van der Waals surface area contributed by atoms with Crippen LogP contribution in [0.1, 0.15) is 0 Å². The molecule has 1 heterocycles. The summed E-state index contributed by atoms with van der Waals surface area (Å²) in [5, 5.41) is 21.8. The zero-order valence-electron chi connectivity index (χ0n) is 11.5. The van der Waals surface area contributed by atoms with E-state index in [2.05, 4.69) is 14.1 Å². The third kappa shape index (κ3) is 2.85. The van der Waals surface area contributed by atoms with Gasteiger partial charge in [0.05, 0.1) is 56.2 Å². The van der Waals surface area contributed by atoms with E-state index in [9.17, 15) is 20.2 Å². The van der Waals surface area contributed by atoms with Gasteiger partial charge >= 0.3 is 0 Å². The summed E-state index contributed by atoms with van der Waals surface area (Å²) in [4.78, 5) is 22.6. The van der Waals surface area contributed by atoms with Gasteiger partial charge in [-0.3, -0.25) is 20.2 Å². The van der Waals surface area contributed by atoms with Gasteiger partial charge in [-0.15, -0.1) is 0 Å². The van der Waals surface area contributed by atoms with Crippen molar-refractivity contribution in [2.24, 2.45) is 0 Å². The van der Waals surface area contributed by atoms with Crippen molar-refractivity contribution < 1.29 is 14.3 Å². The van der Waals surface area contributed by atoms with Crippen LogP contribution in [-0.4, -0.2) is 54.6 Å². The minimum Gasteiger partial charge on any atom is -0.355 e.